The molecule has 25 heavy (non-hydrogen) atoms. The van der Waals surface area contributed by atoms with Crippen molar-refractivity contribution in [3.05, 3.63) is 0 Å². The summed E-state index contributed by atoms with van der Waals surface area (Å²) in [5.41, 5.74) is 0. The Kier molecular flexibility index (Phi) is 17.7. The average molecular weight is 371 g/mol. The number of unbranched alkanes of at least 4 members (excludes halogenated alkanes) is 9. The van der Waals surface area contributed by atoms with Gasteiger partial charge in [-0.3, -0.25) is 0 Å². The van der Waals surface area contributed by atoms with E-state index in [1.165, 1.54) is 102 Å². The van der Waals surface area contributed by atoms with Gasteiger partial charge < -0.3 is 4.43 Å². The van der Waals surface area contributed by atoms with Crippen molar-refractivity contribution in [3.63, 3.8) is 0 Å². The van der Waals surface area contributed by atoms with Gasteiger partial charge in [0, 0.05) is 6.61 Å². The van der Waals surface area contributed by atoms with Crippen LogP contribution < -0.4 is 0 Å². The quantitative estimate of drug-likeness (QED) is 0.163. The van der Waals surface area contributed by atoms with Gasteiger partial charge in [-0.05, 0) is 24.1 Å². The van der Waals surface area contributed by atoms with Crippen molar-refractivity contribution >= 4 is 8.32 Å². The third kappa shape index (κ3) is 14.0. The first-order valence-corrected chi connectivity index (χ1v) is 14.3. The number of hydrogen-bond donors (Lipinski definition) is 0. The molecule has 0 aliphatic carbocycles. The lowest BCUT2D eigenvalue weighted by Crippen LogP contribution is -2.39. The molecule has 0 aliphatic rings. The molecule has 0 aromatic carbocycles. The molecule has 152 valence electrons. The highest BCUT2D eigenvalue weighted by Crippen LogP contribution is 2.31. The standard InChI is InChI=1S/C23H50OSi/c1-6-10-13-16-19-25(20-17-14-11-7-2,21-18-15-12-8-3)24-22-23(5)9-4/h23H,6-22H2,1-5H3. The Morgan fingerprint density at radius 3 is 1.32 bits per heavy atom. The van der Waals surface area contributed by atoms with Gasteiger partial charge in [0.25, 0.3) is 0 Å². The van der Waals surface area contributed by atoms with E-state index >= 15 is 0 Å². The summed E-state index contributed by atoms with van der Waals surface area (Å²) in [6, 6.07) is 4.30. The lowest BCUT2D eigenvalue weighted by Gasteiger charge is -2.33. The van der Waals surface area contributed by atoms with Gasteiger partial charge in [0.2, 0.25) is 0 Å². The van der Waals surface area contributed by atoms with Crippen LogP contribution in [0, 0.1) is 5.92 Å². The Bertz CT molecular complexity index is 236. The van der Waals surface area contributed by atoms with Crippen molar-refractivity contribution < 1.29 is 4.43 Å². The zero-order valence-electron chi connectivity index (χ0n) is 18.5. The molecule has 0 radical (unpaired) electrons. The Balaban J connectivity index is 4.73. The Morgan fingerprint density at radius 2 is 1.00 bits per heavy atom. The normalized spacial score (nSPS) is 13.3. The first-order valence-electron chi connectivity index (χ1n) is 11.8. The van der Waals surface area contributed by atoms with E-state index in [1.54, 1.807) is 0 Å². The molecule has 0 fully saturated rings. The average Bonchev–Trinajstić information content (AvgIpc) is 2.63. The van der Waals surface area contributed by atoms with Crippen molar-refractivity contribution in [3.8, 4) is 0 Å². The predicted octanol–water partition coefficient (Wildman–Crippen LogP) is 8.74. The Labute approximate surface area is 161 Å². The van der Waals surface area contributed by atoms with Crippen LogP contribution in [0.4, 0.5) is 0 Å². The summed E-state index contributed by atoms with van der Waals surface area (Å²) in [6.07, 6.45) is 18.0. The molecule has 0 saturated heterocycles. The van der Waals surface area contributed by atoms with Crippen LogP contribution in [0.25, 0.3) is 0 Å². The SMILES string of the molecule is CCCCCC[Si](CCCCCC)(CCCCCC)OCC(C)CC. The Morgan fingerprint density at radius 1 is 0.600 bits per heavy atom. The molecule has 1 unspecified atom stereocenters. The van der Waals surface area contributed by atoms with E-state index < -0.39 is 8.32 Å². The highest BCUT2D eigenvalue weighted by Gasteiger charge is 2.33. The van der Waals surface area contributed by atoms with Crippen molar-refractivity contribution in [2.75, 3.05) is 6.61 Å². The van der Waals surface area contributed by atoms with Gasteiger partial charge in [0.1, 0.15) is 0 Å². The van der Waals surface area contributed by atoms with Gasteiger partial charge in [0.05, 0.1) is 0 Å². The van der Waals surface area contributed by atoms with E-state index in [-0.39, 0.29) is 0 Å². The van der Waals surface area contributed by atoms with Gasteiger partial charge in [-0.15, -0.1) is 0 Å². The van der Waals surface area contributed by atoms with Crippen LogP contribution in [0.5, 0.6) is 0 Å². The van der Waals surface area contributed by atoms with Gasteiger partial charge in [-0.2, -0.15) is 0 Å². The minimum atomic E-state index is -1.52. The van der Waals surface area contributed by atoms with Crippen LogP contribution in [0.3, 0.4) is 0 Å². The lowest BCUT2D eigenvalue weighted by molar-refractivity contribution is 0.237. The largest absolute Gasteiger partial charge is 0.417 e. The van der Waals surface area contributed by atoms with Gasteiger partial charge in [-0.25, -0.2) is 0 Å². The molecular formula is C23H50OSi. The summed E-state index contributed by atoms with van der Waals surface area (Å²) < 4.78 is 6.86. The minimum Gasteiger partial charge on any atom is -0.417 e. The zero-order valence-corrected chi connectivity index (χ0v) is 19.5. The lowest BCUT2D eigenvalue weighted by atomic mass is 10.1. The molecule has 0 rings (SSSR count). The minimum absolute atomic E-state index is 0.730. The fourth-order valence-corrected chi connectivity index (χ4v) is 8.15. The summed E-state index contributed by atoms with van der Waals surface area (Å²) in [5, 5.41) is 0. The van der Waals surface area contributed by atoms with E-state index in [0.717, 1.165) is 12.5 Å². The fourth-order valence-electron chi connectivity index (χ4n) is 3.65. The van der Waals surface area contributed by atoms with Gasteiger partial charge in [0.15, 0.2) is 8.32 Å². The maximum Gasteiger partial charge on any atom is 0.192 e. The Hall–Kier alpha value is 0.177. The molecule has 0 saturated carbocycles. The summed E-state index contributed by atoms with van der Waals surface area (Å²) in [7, 11) is -1.52. The fraction of sp³-hybridized carbons (Fsp3) is 1.00. The second-order valence-corrected chi connectivity index (χ2v) is 12.6. The van der Waals surface area contributed by atoms with Crippen LogP contribution in [0.1, 0.15) is 118 Å². The monoisotopic (exact) mass is 370 g/mol. The summed E-state index contributed by atoms with van der Waals surface area (Å²) in [4.78, 5) is 0. The van der Waals surface area contributed by atoms with Crippen molar-refractivity contribution in [2.45, 2.75) is 136 Å². The molecule has 2 heteroatoms. The van der Waals surface area contributed by atoms with Crippen molar-refractivity contribution in [1.82, 2.24) is 0 Å². The van der Waals surface area contributed by atoms with Crippen LogP contribution >= 0.6 is 0 Å². The van der Waals surface area contributed by atoms with E-state index in [1.807, 2.05) is 0 Å². The van der Waals surface area contributed by atoms with E-state index in [2.05, 4.69) is 34.6 Å². The summed E-state index contributed by atoms with van der Waals surface area (Å²) in [6.45, 7) is 12.7. The zero-order chi connectivity index (χ0) is 18.8. The topological polar surface area (TPSA) is 9.23 Å². The van der Waals surface area contributed by atoms with Crippen LogP contribution in [-0.2, 0) is 4.43 Å². The van der Waals surface area contributed by atoms with E-state index in [9.17, 15) is 0 Å². The molecule has 0 aromatic heterocycles. The first-order chi connectivity index (χ1) is 12.1. The smallest absolute Gasteiger partial charge is 0.192 e. The van der Waals surface area contributed by atoms with Gasteiger partial charge >= 0.3 is 0 Å². The summed E-state index contributed by atoms with van der Waals surface area (Å²) >= 11 is 0. The molecule has 0 bridgehead atoms. The molecule has 0 spiro atoms. The highest BCUT2D eigenvalue weighted by molar-refractivity contribution is 6.73. The van der Waals surface area contributed by atoms with Crippen molar-refractivity contribution in [2.24, 2.45) is 5.92 Å². The van der Waals surface area contributed by atoms with Crippen LogP contribution in [0.15, 0.2) is 0 Å². The molecule has 1 atom stereocenters. The number of hydrogen-bond acceptors (Lipinski definition) is 1. The molecule has 0 N–H and O–H groups in total. The molecule has 0 amide bonds. The predicted molar refractivity (Wildman–Crippen MR) is 118 cm³/mol. The van der Waals surface area contributed by atoms with Crippen LogP contribution in [-0.4, -0.2) is 14.9 Å². The molecule has 0 aromatic rings. The second-order valence-electron chi connectivity index (χ2n) is 8.44. The van der Waals surface area contributed by atoms with Gasteiger partial charge in [-0.1, -0.05) is 118 Å². The third-order valence-electron chi connectivity index (χ3n) is 5.83. The molecular weight excluding hydrogens is 320 g/mol. The highest BCUT2D eigenvalue weighted by atomic mass is 28.4. The summed E-state index contributed by atoms with van der Waals surface area (Å²) in [5.74, 6) is 0.730. The molecule has 1 nitrogen and oxygen atoms in total. The molecule has 0 aliphatic heterocycles. The molecule has 0 heterocycles. The first kappa shape index (κ1) is 25.2. The van der Waals surface area contributed by atoms with E-state index in [0.29, 0.717) is 0 Å². The maximum absolute atomic E-state index is 6.86. The van der Waals surface area contributed by atoms with Crippen LogP contribution in [0.2, 0.25) is 18.1 Å². The van der Waals surface area contributed by atoms with E-state index in [4.69, 9.17) is 4.43 Å². The maximum atomic E-state index is 6.86. The second kappa shape index (κ2) is 17.6. The number of rotatable bonds is 19. The third-order valence-corrected chi connectivity index (χ3v) is 10.4. The van der Waals surface area contributed by atoms with Crippen molar-refractivity contribution in [1.29, 1.82) is 0 Å².